The third kappa shape index (κ3) is 1.60. The van der Waals surface area contributed by atoms with Gasteiger partial charge in [0.15, 0.2) is 0 Å². The summed E-state index contributed by atoms with van der Waals surface area (Å²) in [7, 11) is 0. The molecular formula is C15H14O2. The van der Waals surface area contributed by atoms with Gasteiger partial charge >= 0.3 is 5.97 Å². The van der Waals surface area contributed by atoms with Crippen molar-refractivity contribution >= 4 is 5.97 Å². The van der Waals surface area contributed by atoms with Crippen LogP contribution in [0.5, 0.6) is 5.75 Å². The lowest BCUT2D eigenvalue weighted by atomic mass is 9.80. The van der Waals surface area contributed by atoms with Gasteiger partial charge in [-0.3, -0.25) is 0 Å². The molecule has 0 bridgehead atoms. The molecule has 2 aliphatic rings. The van der Waals surface area contributed by atoms with E-state index in [-0.39, 0.29) is 11.9 Å². The summed E-state index contributed by atoms with van der Waals surface area (Å²) in [6.45, 7) is 4.10. The Hall–Kier alpha value is -1.83. The molecule has 3 rings (SSSR count). The first-order chi connectivity index (χ1) is 8.15. The van der Waals surface area contributed by atoms with E-state index >= 15 is 0 Å². The van der Waals surface area contributed by atoms with Gasteiger partial charge in [0.1, 0.15) is 5.75 Å². The molecule has 1 aromatic carbocycles. The van der Waals surface area contributed by atoms with Gasteiger partial charge in [-0.2, -0.15) is 0 Å². The number of fused-ring (bicyclic) bond motifs is 3. The van der Waals surface area contributed by atoms with Gasteiger partial charge in [0.25, 0.3) is 0 Å². The van der Waals surface area contributed by atoms with E-state index in [4.69, 9.17) is 4.74 Å². The summed E-state index contributed by atoms with van der Waals surface area (Å²) in [5.41, 5.74) is 4.34. The highest BCUT2D eigenvalue weighted by Gasteiger charge is 2.33. The highest BCUT2D eigenvalue weighted by molar-refractivity contribution is 5.95. The number of allylic oxidation sites excluding steroid dienone is 3. The number of rotatable bonds is 0. The van der Waals surface area contributed by atoms with Gasteiger partial charge in [-0.1, -0.05) is 29.9 Å². The highest BCUT2D eigenvalue weighted by Crippen LogP contribution is 2.43. The van der Waals surface area contributed by atoms with Gasteiger partial charge in [0, 0.05) is 17.1 Å². The quantitative estimate of drug-likeness (QED) is 0.501. The van der Waals surface area contributed by atoms with Crippen LogP contribution in [0.15, 0.2) is 41.5 Å². The summed E-state index contributed by atoms with van der Waals surface area (Å²) in [4.78, 5) is 11.9. The van der Waals surface area contributed by atoms with Crippen molar-refractivity contribution in [1.82, 2.24) is 0 Å². The Labute approximate surface area is 101 Å². The van der Waals surface area contributed by atoms with E-state index in [1.165, 1.54) is 5.57 Å². The predicted molar refractivity (Wildman–Crippen MR) is 66.0 cm³/mol. The van der Waals surface area contributed by atoms with Crippen LogP contribution in [0.25, 0.3) is 0 Å². The zero-order valence-electron chi connectivity index (χ0n) is 9.99. The Morgan fingerprint density at radius 2 is 2.06 bits per heavy atom. The smallest absolute Gasteiger partial charge is 0.340 e. The topological polar surface area (TPSA) is 26.3 Å². The van der Waals surface area contributed by atoms with Crippen LogP contribution in [0.3, 0.4) is 0 Å². The average Bonchev–Trinajstić information content (AvgIpc) is 2.28. The number of carbonyl (C=O) groups is 1. The van der Waals surface area contributed by atoms with Crippen LogP contribution < -0.4 is 4.74 Å². The van der Waals surface area contributed by atoms with Crippen LogP contribution in [0.4, 0.5) is 0 Å². The predicted octanol–water partition coefficient (Wildman–Crippen LogP) is 3.27. The Kier molecular flexibility index (Phi) is 2.18. The number of hydrogen-bond donors (Lipinski definition) is 0. The van der Waals surface area contributed by atoms with Crippen molar-refractivity contribution in [2.45, 2.75) is 26.2 Å². The fraction of sp³-hybridized carbons (Fsp3) is 0.267. The van der Waals surface area contributed by atoms with Gasteiger partial charge in [0.2, 0.25) is 0 Å². The Morgan fingerprint density at radius 3 is 2.88 bits per heavy atom. The summed E-state index contributed by atoms with van der Waals surface area (Å²) in [5.74, 6) is 0.709. The molecule has 0 amide bonds. The fourth-order valence-corrected chi connectivity index (χ4v) is 2.51. The second-order valence-corrected chi connectivity index (χ2v) is 4.82. The second kappa shape index (κ2) is 3.59. The van der Waals surface area contributed by atoms with Crippen LogP contribution >= 0.6 is 0 Å². The van der Waals surface area contributed by atoms with Gasteiger partial charge in [-0.25, -0.2) is 4.79 Å². The molecule has 1 heterocycles. The molecular weight excluding hydrogens is 212 g/mol. The lowest BCUT2D eigenvalue weighted by Crippen LogP contribution is -2.25. The summed E-state index contributed by atoms with van der Waals surface area (Å²) < 4.78 is 5.38. The number of ether oxygens (including phenoxy) is 1. The third-order valence-corrected chi connectivity index (χ3v) is 3.43. The van der Waals surface area contributed by atoms with E-state index in [0.29, 0.717) is 0 Å². The standard InChI is InChI=1S/C15H14O2/c1-9-4-6-12-13(7-9)11-5-3-10(2)8-14(11)17-15(12)16/h3-6,8,13H,7H2,1-2H3. The van der Waals surface area contributed by atoms with Crippen molar-refractivity contribution in [2.75, 3.05) is 0 Å². The molecule has 0 saturated heterocycles. The molecule has 17 heavy (non-hydrogen) atoms. The Balaban J connectivity index is 2.15. The Morgan fingerprint density at radius 1 is 1.24 bits per heavy atom. The highest BCUT2D eigenvalue weighted by atomic mass is 16.5. The molecule has 1 unspecified atom stereocenters. The number of hydrogen-bond acceptors (Lipinski definition) is 2. The van der Waals surface area contributed by atoms with E-state index < -0.39 is 0 Å². The summed E-state index contributed by atoms with van der Waals surface area (Å²) in [5, 5.41) is 0. The number of benzene rings is 1. The molecule has 1 atom stereocenters. The largest absolute Gasteiger partial charge is 0.423 e. The lowest BCUT2D eigenvalue weighted by molar-refractivity contribution is -0.131. The first kappa shape index (κ1) is 10.3. The molecule has 1 aliphatic carbocycles. The molecule has 86 valence electrons. The third-order valence-electron chi connectivity index (χ3n) is 3.43. The monoisotopic (exact) mass is 226 g/mol. The minimum absolute atomic E-state index is 0.178. The first-order valence-electron chi connectivity index (χ1n) is 5.85. The molecule has 0 N–H and O–H groups in total. The zero-order valence-corrected chi connectivity index (χ0v) is 9.99. The summed E-state index contributed by atoms with van der Waals surface area (Å²) in [6, 6.07) is 6.09. The van der Waals surface area contributed by atoms with Gasteiger partial charge in [-0.15, -0.1) is 0 Å². The van der Waals surface area contributed by atoms with Gasteiger partial charge in [0.05, 0.1) is 0 Å². The zero-order chi connectivity index (χ0) is 12.0. The number of aryl methyl sites for hydroxylation is 1. The normalized spacial score (nSPS) is 22.0. The van der Waals surface area contributed by atoms with E-state index in [9.17, 15) is 4.79 Å². The van der Waals surface area contributed by atoms with Gasteiger partial charge < -0.3 is 4.74 Å². The van der Waals surface area contributed by atoms with Crippen molar-refractivity contribution in [2.24, 2.45) is 0 Å². The maximum Gasteiger partial charge on any atom is 0.340 e. The fourth-order valence-electron chi connectivity index (χ4n) is 2.51. The maximum atomic E-state index is 11.9. The molecule has 0 spiro atoms. The molecule has 0 aromatic heterocycles. The van der Waals surface area contributed by atoms with Crippen molar-refractivity contribution in [1.29, 1.82) is 0 Å². The van der Waals surface area contributed by atoms with Crippen LogP contribution in [0.1, 0.15) is 30.4 Å². The summed E-state index contributed by atoms with van der Waals surface area (Å²) >= 11 is 0. The SMILES string of the molecule is CC1=CC=C2C(=O)Oc3cc(C)ccc3C2C1. The van der Waals surface area contributed by atoms with E-state index in [1.807, 2.05) is 25.1 Å². The number of esters is 1. The molecule has 2 heteroatoms. The summed E-state index contributed by atoms with van der Waals surface area (Å²) in [6.07, 6.45) is 4.82. The molecule has 2 nitrogen and oxygen atoms in total. The molecule has 1 aliphatic heterocycles. The average molecular weight is 226 g/mol. The minimum Gasteiger partial charge on any atom is -0.423 e. The molecule has 1 aromatic rings. The second-order valence-electron chi connectivity index (χ2n) is 4.82. The molecule has 0 radical (unpaired) electrons. The van der Waals surface area contributed by atoms with Crippen molar-refractivity contribution in [3.63, 3.8) is 0 Å². The maximum absolute atomic E-state index is 11.9. The van der Waals surface area contributed by atoms with E-state index in [2.05, 4.69) is 19.1 Å². The van der Waals surface area contributed by atoms with Crippen molar-refractivity contribution in [3.05, 3.63) is 52.6 Å². The molecule has 0 saturated carbocycles. The lowest BCUT2D eigenvalue weighted by Gasteiger charge is -2.29. The van der Waals surface area contributed by atoms with Crippen molar-refractivity contribution < 1.29 is 9.53 Å². The van der Waals surface area contributed by atoms with Crippen LogP contribution in [-0.4, -0.2) is 5.97 Å². The minimum atomic E-state index is -0.197. The van der Waals surface area contributed by atoms with E-state index in [1.54, 1.807) is 0 Å². The molecule has 0 fully saturated rings. The van der Waals surface area contributed by atoms with E-state index in [0.717, 1.165) is 28.9 Å². The van der Waals surface area contributed by atoms with Crippen LogP contribution in [0, 0.1) is 6.92 Å². The Bertz CT molecular complexity index is 564. The van der Waals surface area contributed by atoms with Crippen LogP contribution in [-0.2, 0) is 4.79 Å². The number of carbonyl (C=O) groups excluding carboxylic acids is 1. The van der Waals surface area contributed by atoms with Crippen molar-refractivity contribution in [3.8, 4) is 5.75 Å². The van der Waals surface area contributed by atoms with Crippen LogP contribution in [0.2, 0.25) is 0 Å². The van der Waals surface area contributed by atoms with Gasteiger partial charge in [-0.05, 0) is 31.9 Å². The first-order valence-corrected chi connectivity index (χ1v) is 5.85.